The zero-order valence-corrected chi connectivity index (χ0v) is 14.0. The molecule has 5 nitrogen and oxygen atoms in total. The summed E-state index contributed by atoms with van der Waals surface area (Å²) in [7, 11) is 0. The van der Waals surface area contributed by atoms with Gasteiger partial charge in [0, 0.05) is 13.2 Å². The maximum atomic E-state index is 12.9. The van der Waals surface area contributed by atoms with E-state index >= 15 is 0 Å². The van der Waals surface area contributed by atoms with Gasteiger partial charge < -0.3 is 14.7 Å². The number of benzene rings is 1. The van der Waals surface area contributed by atoms with Crippen LogP contribution in [0.3, 0.4) is 0 Å². The van der Waals surface area contributed by atoms with E-state index in [2.05, 4.69) is 0 Å². The standard InChI is InChI=1S/C18H19NO4S/c20-17(15-6-7-16(24-15)18(21)22)19(14-9-11-23-12-14)10-8-13-4-2-1-3-5-13/h1-7,14H,8-12H2,(H,21,22). The summed E-state index contributed by atoms with van der Waals surface area (Å²) >= 11 is 1.03. The lowest BCUT2D eigenvalue weighted by Gasteiger charge is -2.27. The second-order valence-corrected chi connectivity index (χ2v) is 6.80. The number of hydrogen-bond donors (Lipinski definition) is 1. The van der Waals surface area contributed by atoms with Crippen molar-refractivity contribution < 1.29 is 19.4 Å². The normalized spacial score (nSPS) is 16.9. The van der Waals surface area contributed by atoms with Gasteiger partial charge in [-0.2, -0.15) is 0 Å². The van der Waals surface area contributed by atoms with Crippen LogP contribution in [0.4, 0.5) is 0 Å². The van der Waals surface area contributed by atoms with Crippen LogP contribution in [0, 0.1) is 0 Å². The van der Waals surface area contributed by atoms with Gasteiger partial charge in [0.25, 0.3) is 5.91 Å². The van der Waals surface area contributed by atoms with Gasteiger partial charge in [0.1, 0.15) is 4.88 Å². The molecule has 0 radical (unpaired) electrons. The molecule has 1 aromatic carbocycles. The first-order chi connectivity index (χ1) is 11.6. The Balaban J connectivity index is 1.75. The predicted molar refractivity (Wildman–Crippen MR) is 91.7 cm³/mol. The number of nitrogens with zero attached hydrogens (tertiary/aromatic N) is 1. The van der Waals surface area contributed by atoms with Crippen molar-refractivity contribution in [3.8, 4) is 0 Å². The van der Waals surface area contributed by atoms with Crippen LogP contribution in [0.5, 0.6) is 0 Å². The minimum atomic E-state index is -1.00. The van der Waals surface area contributed by atoms with Gasteiger partial charge in [-0.15, -0.1) is 11.3 Å². The van der Waals surface area contributed by atoms with Crippen LogP contribution in [-0.4, -0.2) is 47.7 Å². The Hall–Kier alpha value is -2.18. The fourth-order valence-corrected chi connectivity index (χ4v) is 3.62. The smallest absolute Gasteiger partial charge is 0.345 e. The molecule has 1 aromatic heterocycles. The van der Waals surface area contributed by atoms with Crippen molar-refractivity contribution in [1.82, 2.24) is 4.90 Å². The third kappa shape index (κ3) is 3.83. The van der Waals surface area contributed by atoms with E-state index in [9.17, 15) is 9.59 Å². The van der Waals surface area contributed by atoms with Crippen LogP contribution in [-0.2, 0) is 11.2 Å². The van der Waals surface area contributed by atoms with E-state index in [1.807, 2.05) is 35.2 Å². The molecule has 1 amide bonds. The van der Waals surface area contributed by atoms with Crippen molar-refractivity contribution in [3.05, 3.63) is 57.8 Å². The van der Waals surface area contributed by atoms with E-state index in [0.717, 1.165) is 24.2 Å². The molecule has 1 atom stereocenters. The van der Waals surface area contributed by atoms with Gasteiger partial charge in [0.05, 0.1) is 17.5 Å². The van der Waals surface area contributed by atoms with E-state index in [1.165, 1.54) is 11.6 Å². The Kier molecular flexibility index (Phi) is 5.27. The zero-order valence-electron chi connectivity index (χ0n) is 13.2. The fraction of sp³-hybridized carbons (Fsp3) is 0.333. The highest BCUT2D eigenvalue weighted by molar-refractivity contribution is 7.15. The molecule has 0 aliphatic carbocycles. The summed E-state index contributed by atoms with van der Waals surface area (Å²) in [5, 5.41) is 9.05. The Labute approximate surface area is 144 Å². The minimum Gasteiger partial charge on any atom is -0.477 e. The largest absolute Gasteiger partial charge is 0.477 e. The van der Waals surface area contributed by atoms with Crippen molar-refractivity contribution >= 4 is 23.2 Å². The molecule has 3 rings (SSSR count). The minimum absolute atomic E-state index is 0.0524. The third-order valence-electron chi connectivity index (χ3n) is 4.12. The van der Waals surface area contributed by atoms with Crippen molar-refractivity contribution in [2.75, 3.05) is 19.8 Å². The highest BCUT2D eigenvalue weighted by atomic mass is 32.1. The summed E-state index contributed by atoms with van der Waals surface area (Å²) < 4.78 is 5.43. The summed E-state index contributed by atoms with van der Waals surface area (Å²) in [6.45, 7) is 1.79. The number of amides is 1. The summed E-state index contributed by atoms with van der Waals surface area (Å²) in [5.41, 5.74) is 1.17. The molecule has 0 bridgehead atoms. The monoisotopic (exact) mass is 345 g/mol. The maximum absolute atomic E-state index is 12.9. The van der Waals surface area contributed by atoms with Crippen LogP contribution >= 0.6 is 11.3 Å². The van der Waals surface area contributed by atoms with Crippen LogP contribution in [0.2, 0.25) is 0 Å². The van der Waals surface area contributed by atoms with Crippen molar-refractivity contribution in [2.24, 2.45) is 0 Å². The Bertz CT molecular complexity index is 707. The number of rotatable bonds is 6. The molecular weight excluding hydrogens is 326 g/mol. The molecule has 1 N–H and O–H groups in total. The lowest BCUT2D eigenvalue weighted by atomic mass is 10.1. The van der Waals surface area contributed by atoms with E-state index < -0.39 is 5.97 Å². The topological polar surface area (TPSA) is 66.8 Å². The predicted octanol–water partition coefficient (Wildman–Crippen LogP) is 2.92. The van der Waals surface area contributed by atoms with E-state index in [0.29, 0.717) is 24.6 Å². The molecule has 1 aliphatic heterocycles. The van der Waals surface area contributed by atoms with Crippen molar-refractivity contribution in [3.63, 3.8) is 0 Å². The van der Waals surface area contributed by atoms with E-state index in [-0.39, 0.29) is 16.8 Å². The number of aromatic carboxylic acids is 1. The molecule has 24 heavy (non-hydrogen) atoms. The Morgan fingerprint density at radius 1 is 1.17 bits per heavy atom. The molecule has 2 heterocycles. The molecule has 1 aliphatic rings. The highest BCUT2D eigenvalue weighted by Crippen LogP contribution is 2.22. The van der Waals surface area contributed by atoms with Crippen LogP contribution in [0.15, 0.2) is 42.5 Å². The number of carboxylic acids is 1. The van der Waals surface area contributed by atoms with Gasteiger partial charge in [0.15, 0.2) is 0 Å². The van der Waals surface area contributed by atoms with Crippen LogP contribution < -0.4 is 0 Å². The second-order valence-electron chi connectivity index (χ2n) is 5.72. The summed E-state index contributed by atoms with van der Waals surface area (Å²) in [4.78, 5) is 26.4. The molecule has 2 aromatic rings. The first-order valence-electron chi connectivity index (χ1n) is 7.91. The zero-order chi connectivity index (χ0) is 16.9. The van der Waals surface area contributed by atoms with Gasteiger partial charge >= 0.3 is 5.97 Å². The quantitative estimate of drug-likeness (QED) is 0.874. The number of hydrogen-bond acceptors (Lipinski definition) is 4. The summed E-state index contributed by atoms with van der Waals surface area (Å²) in [6, 6.07) is 13.2. The number of thiophene rings is 1. The maximum Gasteiger partial charge on any atom is 0.345 e. The average molecular weight is 345 g/mol. The third-order valence-corrected chi connectivity index (χ3v) is 5.18. The van der Waals surface area contributed by atoms with Gasteiger partial charge in [-0.25, -0.2) is 4.79 Å². The average Bonchev–Trinajstić information content (AvgIpc) is 3.28. The Morgan fingerprint density at radius 3 is 2.54 bits per heavy atom. The van der Waals surface area contributed by atoms with Gasteiger partial charge in [-0.05, 0) is 30.5 Å². The molecule has 126 valence electrons. The molecule has 1 unspecified atom stereocenters. The number of carboxylic acid groups (broad SMARTS) is 1. The molecule has 0 saturated carbocycles. The second kappa shape index (κ2) is 7.59. The SMILES string of the molecule is O=C(O)c1ccc(C(=O)N(CCc2ccccc2)C2CCOC2)s1. The number of ether oxygens (including phenoxy) is 1. The fourth-order valence-electron chi connectivity index (χ4n) is 2.82. The van der Waals surface area contributed by atoms with Crippen molar-refractivity contribution in [2.45, 2.75) is 18.9 Å². The number of carbonyl (C=O) groups excluding carboxylic acids is 1. The van der Waals surface area contributed by atoms with Crippen LogP contribution in [0.1, 0.15) is 31.3 Å². The van der Waals surface area contributed by atoms with Crippen molar-refractivity contribution in [1.29, 1.82) is 0 Å². The Morgan fingerprint density at radius 2 is 1.92 bits per heavy atom. The number of carbonyl (C=O) groups is 2. The van der Waals surface area contributed by atoms with Crippen LogP contribution in [0.25, 0.3) is 0 Å². The molecule has 6 heteroatoms. The first kappa shape index (κ1) is 16.7. The summed E-state index contributed by atoms with van der Waals surface area (Å²) in [5.74, 6) is -1.11. The highest BCUT2D eigenvalue weighted by Gasteiger charge is 2.29. The van der Waals surface area contributed by atoms with Gasteiger partial charge in [-0.1, -0.05) is 30.3 Å². The first-order valence-corrected chi connectivity index (χ1v) is 8.72. The molecule has 1 fully saturated rings. The summed E-state index contributed by atoms with van der Waals surface area (Å²) in [6.07, 6.45) is 1.58. The van der Waals surface area contributed by atoms with Gasteiger partial charge in [-0.3, -0.25) is 4.79 Å². The van der Waals surface area contributed by atoms with E-state index in [1.54, 1.807) is 6.07 Å². The molecule has 1 saturated heterocycles. The molecule has 0 spiro atoms. The lowest BCUT2D eigenvalue weighted by molar-refractivity contribution is 0.0660. The van der Waals surface area contributed by atoms with E-state index in [4.69, 9.17) is 9.84 Å². The molecular formula is C18H19NO4S. The van der Waals surface area contributed by atoms with Gasteiger partial charge in [0.2, 0.25) is 0 Å². The lowest BCUT2D eigenvalue weighted by Crippen LogP contribution is -2.41.